The molecule has 3 aromatic carbocycles. The number of carbonyl (C=O) groups excluding carboxylic acids is 4. The van der Waals surface area contributed by atoms with Crippen LogP contribution < -0.4 is 0 Å². The van der Waals surface area contributed by atoms with E-state index >= 15 is 0 Å². The van der Waals surface area contributed by atoms with Gasteiger partial charge in [-0.05, 0) is 42.2 Å². The van der Waals surface area contributed by atoms with Crippen molar-refractivity contribution >= 4 is 23.8 Å². The SMILES string of the molecule is CCC(C)(C)C(=O)N(Cc1ccccc1)OC(=O)c1cccc(C(=O)ON(Cc2ccccc2)C(=O)C(C)(C)CC)c1. The minimum absolute atomic E-state index is 0.0550. The summed E-state index contributed by atoms with van der Waals surface area (Å²) in [6, 6.07) is 24.3. The first-order valence-corrected chi connectivity index (χ1v) is 14.1. The Kier molecular flexibility index (Phi) is 10.6. The predicted octanol–water partition coefficient (Wildman–Crippen LogP) is 6.76. The first-order valence-electron chi connectivity index (χ1n) is 14.1. The van der Waals surface area contributed by atoms with E-state index in [-0.39, 0.29) is 36.0 Å². The van der Waals surface area contributed by atoms with Crippen molar-refractivity contribution in [2.75, 3.05) is 0 Å². The van der Waals surface area contributed by atoms with Crippen LogP contribution in [0.4, 0.5) is 0 Å². The molecule has 0 saturated heterocycles. The largest absolute Gasteiger partial charge is 0.363 e. The quantitative estimate of drug-likeness (QED) is 0.249. The van der Waals surface area contributed by atoms with Crippen molar-refractivity contribution in [3.05, 3.63) is 107 Å². The van der Waals surface area contributed by atoms with Gasteiger partial charge in [0.05, 0.1) is 24.2 Å². The molecule has 8 heteroatoms. The monoisotopic (exact) mass is 572 g/mol. The summed E-state index contributed by atoms with van der Waals surface area (Å²) in [4.78, 5) is 64.4. The van der Waals surface area contributed by atoms with E-state index in [1.165, 1.54) is 24.3 Å². The Morgan fingerprint density at radius 3 is 1.26 bits per heavy atom. The van der Waals surface area contributed by atoms with Gasteiger partial charge in [-0.1, -0.05) is 108 Å². The second-order valence-corrected chi connectivity index (χ2v) is 11.5. The van der Waals surface area contributed by atoms with Gasteiger partial charge in [-0.2, -0.15) is 10.1 Å². The van der Waals surface area contributed by atoms with E-state index in [9.17, 15) is 19.2 Å². The summed E-state index contributed by atoms with van der Waals surface area (Å²) in [7, 11) is 0. The molecule has 3 aromatic rings. The Hall–Kier alpha value is -4.46. The second-order valence-electron chi connectivity index (χ2n) is 11.5. The van der Waals surface area contributed by atoms with Gasteiger partial charge >= 0.3 is 11.9 Å². The average Bonchev–Trinajstić information content (AvgIpc) is 3.00. The van der Waals surface area contributed by atoms with Crippen LogP contribution in [0.2, 0.25) is 0 Å². The molecule has 0 aliphatic heterocycles. The van der Waals surface area contributed by atoms with Gasteiger partial charge < -0.3 is 9.68 Å². The Morgan fingerprint density at radius 1 is 0.571 bits per heavy atom. The highest BCUT2D eigenvalue weighted by Crippen LogP contribution is 2.26. The zero-order chi connectivity index (χ0) is 30.9. The first-order chi connectivity index (χ1) is 19.9. The third kappa shape index (κ3) is 8.28. The van der Waals surface area contributed by atoms with E-state index in [1.54, 1.807) is 27.7 Å². The molecule has 0 fully saturated rings. The molecule has 0 N–H and O–H groups in total. The molecular formula is C34H40N2O6. The maximum absolute atomic E-state index is 13.3. The molecule has 0 heterocycles. The maximum Gasteiger partial charge on any atom is 0.363 e. The Balaban J connectivity index is 1.83. The molecule has 42 heavy (non-hydrogen) atoms. The molecule has 222 valence electrons. The van der Waals surface area contributed by atoms with Gasteiger partial charge in [0, 0.05) is 10.8 Å². The van der Waals surface area contributed by atoms with Gasteiger partial charge in [0.15, 0.2) is 0 Å². The van der Waals surface area contributed by atoms with Crippen molar-refractivity contribution in [3.63, 3.8) is 0 Å². The van der Waals surface area contributed by atoms with Crippen molar-refractivity contribution in [2.24, 2.45) is 10.8 Å². The molecule has 0 bridgehead atoms. The smallest absolute Gasteiger partial charge is 0.332 e. The van der Waals surface area contributed by atoms with Crippen LogP contribution in [0.5, 0.6) is 0 Å². The highest BCUT2D eigenvalue weighted by atomic mass is 16.7. The fourth-order valence-corrected chi connectivity index (χ4v) is 3.85. The molecular weight excluding hydrogens is 532 g/mol. The van der Waals surface area contributed by atoms with Crippen molar-refractivity contribution in [1.82, 2.24) is 10.1 Å². The molecule has 0 aliphatic rings. The number of benzene rings is 3. The molecule has 3 rings (SSSR count). The van der Waals surface area contributed by atoms with E-state index < -0.39 is 22.8 Å². The molecule has 0 saturated carbocycles. The molecule has 0 atom stereocenters. The van der Waals surface area contributed by atoms with Crippen LogP contribution in [-0.2, 0) is 32.4 Å². The Labute approximate surface area is 248 Å². The lowest BCUT2D eigenvalue weighted by Gasteiger charge is -2.30. The highest BCUT2D eigenvalue weighted by Gasteiger charge is 2.35. The van der Waals surface area contributed by atoms with Gasteiger partial charge in [-0.3, -0.25) is 9.59 Å². The van der Waals surface area contributed by atoms with Crippen LogP contribution in [0, 0.1) is 10.8 Å². The zero-order valence-electron chi connectivity index (χ0n) is 25.3. The van der Waals surface area contributed by atoms with Crippen LogP contribution in [0.25, 0.3) is 0 Å². The van der Waals surface area contributed by atoms with Gasteiger partial charge in [-0.15, -0.1) is 0 Å². The topological polar surface area (TPSA) is 93.2 Å². The number of amides is 2. The number of hydroxylamine groups is 4. The van der Waals surface area contributed by atoms with Crippen LogP contribution in [0.1, 0.15) is 86.2 Å². The van der Waals surface area contributed by atoms with Crippen LogP contribution in [0.15, 0.2) is 84.9 Å². The van der Waals surface area contributed by atoms with Crippen LogP contribution in [0.3, 0.4) is 0 Å². The summed E-state index contributed by atoms with van der Waals surface area (Å²) in [6.45, 7) is 11.1. The fraction of sp³-hybridized carbons (Fsp3) is 0.353. The molecule has 2 amide bonds. The van der Waals surface area contributed by atoms with E-state index in [1.807, 2.05) is 74.5 Å². The summed E-state index contributed by atoms with van der Waals surface area (Å²) in [5.41, 5.74) is 0.171. The van der Waals surface area contributed by atoms with E-state index in [0.29, 0.717) is 12.8 Å². The normalized spacial score (nSPS) is 11.4. The lowest BCUT2D eigenvalue weighted by Crippen LogP contribution is -2.42. The highest BCUT2D eigenvalue weighted by molar-refractivity contribution is 5.96. The van der Waals surface area contributed by atoms with Gasteiger partial charge in [0.2, 0.25) is 0 Å². The minimum Gasteiger partial charge on any atom is -0.332 e. The van der Waals surface area contributed by atoms with E-state index in [2.05, 4.69) is 0 Å². The van der Waals surface area contributed by atoms with Gasteiger partial charge in [-0.25, -0.2) is 9.59 Å². The Morgan fingerprint density at radius 2 is 0.929 bits per heavy atom. The standard InChI is InChI=1S/C34H40N2O6/c1-7-33(3,4)31(39)35(23-25-16-11-9-12-17-25)41-29(37)27-20-15-21-28(22-27)30(38)42-36(32(40)34(5,6)8-2)24-26-18-13-10-14-19-26/h9-22H,7-8,23-24H2,1-6H3. The molecule has 0 spiro atoms. The Bertz CT molecular complexity index is 1280. The molecule has 0 radical (unpaired) electrons. The molecule has 0 aromatic heterocycles. The lowest BCUT2D eigenvalue weighted by atomic mass is 9.89. The summed E-state index contributed by atoms with van der Waals surface area (Å²) in [5, 5.41) is 2.14. The zero-order valence-corrected chi connectivity index (χ0v) is 25.3. The van der Waals surface area contributed by atoms with Crippen LogP contribution >= 0.6 is 0 Å². The summed E-state index contributed by atoms with van der Waals surface area (Å²) in [5.74, 6) is -2.28. The molecule has 0 aliphatic carbocycles. The van der Waals surface area contributed by atoms with Crippen molar-refractivity contribution in [1.29, 1.82) is 0 Å². The maximum atomic E-state index is 13.3. The lowest BCUT2D eigenvalue weighted by molar-refractivity contribution is -0.180. The van der Waals surface area contributed by atoms with Crippen LogP contribution in [-0.4, -0.2) is 33.9 Å². The summed E-state index contributed by atoms with van der Waals surface area (Å²) < 4.78 is 0. The van der Waals surface area contributed by atoms with Crippen molar-refractivity contribution in [2.45, 2.75) is 67.5 Å². The average molecular weight is 573 g/mol. The molecule has 8 nitrogen and oxygen atoms in total. The number of hydrogen-bond donors (Lipinski definition) is 0. The van der Waals surface area contributed by atoms with Gasteiger partial charge in [0.1, 0.15) is 0 Å². The number of rotatable bonds is 10. The van der Waals surface area contributed by atoms with E-state index in [0.717, 1.165) is 21.3 Å². The first kappa shape index (κ1) is 32.1. The molecule has 0 unspecified atom stereocenters. The predicted molar refractivity (Wildman–Crippen MR) is 159 cm³/mol. The minimum atomic E-state index is -0.801. The fourth-order valence-electron chi connectivity index (χ4n) is 3.85. The number of hydrogen-bond acceptors (Lipinski definition) is 6. The van der Waals surface area contributed by atoms with Crippen molar-refractivity contribution < 1.29 is 28.9 Å². The third-order valence-electron chi connectivity index (χ3n) is 7.44. The second kappa shape index (κ2) is 13.9. The van der Waals surface area contributed by atoms with E-state index in [4.69, 9.17) is 9.68 Å². The third-order valence-corrected chi connectivity index (χ3v) is 7.44. The van der Waals surface area contributed by atoms with Gasteiger partial charge in [0.25, 0.3) is 11.8 Å². The summed E-state index contributed by atoms with van der Waals surface area (Å²) >= 11 is 0. The number of nitrogens with zero attached hydrogens (tertiary/aromatic N) is 2. The summed E-state index contributed by atoms with van der Waals surface area (Å²) in [6.07, 6.45) is 1.09. The van der Waals surface area contributed by atoms with Crippen molar-refractivity contribution in [3.8, 4) is 0 Å². The number of carbonyl (C=O) groups is 4.